The van der Waals surface area contributed by atoms with Gasteiger partial charge in [0.25, 0.3) is 0 Å². The SMILES string of the molecule is CNCC#Cc1cc(C)cc(OC)c1. The molecule has 0 spiro atoms. The Morgan fingerprint density at radius 3 is 2.79 bits per heavy atom. The van der Waals surface area contributed by atoms with E-state index >= 15 is 0 Å². The molecule has 0 atom stereocenters. The first-order valence-electron chi connectivity index (χ1n) is 4.55. The Labute approximate surface area is 85.3 Å². The van der Waals surface area contributed by atoms with Crippen LogP contribution >= 0.6 is 0 Å². The maximum absolute atomic E-state index is 5.16. The fourth-order valence-electron chi connectivity index (χ4n) is 1.17. The molecule has 0 saturated heterocycles. The van der Waals surface area contributed by atoms with Gasteiger partial charge >= 0.3 is 0 Å². The molecular formula is C12H15NO. The predicted molar refractivity (Wildman–Crippen MR) is 58.5 cm³/mol. The summed E-state index contributed by atoms with van der Waals surface area (Å²) in [5, 5.41) is 2.98. The number of hydrogen-bond acceptors (Lipinski definition) is 2. The van der Waals surface area contributed by atoms with Crippen LogP contribution in [0.3, 0.4) is 0 Å². The Kier molecular flexibility index (Phi) is 4.03. The van der Waals surface area contributed by atoms with Crippen LogP contribution in [-0.2, 0) is 0 Å². The summed E-state index contributed by atoms with van der Waals surface area (Å²) in [6.07, 6.45) is 0. The monoisotopic (exact) mass is 189 g/mol. The van der Waals surface area contributed by atoms with E-state index < -0.39 is 0 Å². The molecule has 74 valence electrons. The second kappa shape index (κ2) is 5.31. The highest BCUT2D eigenvalue weighted by Gasteiger charge is 1.95. The molecule has 1 aromatic carbocycles. The van der Waals surface area contributed by atoms with Crippen molar-refractivity contribution in [2.24, 2.45) is 0 Å². The molecular weight excluding hydrogens is 174 g/mol. The van der Waals surface area contributed by atoms with E-state index in [-0.39, 0.29) is 0 Å². The first-order chi connectivity index (χ1) is 6.76. The van der Waals surface area contributed by atoms with Gasteiger partial charge < -0.3 is 10.1 Å². The van der Waals surface area contributed by atoms with Crippen molar-refractivity contribution in [3.05, 3.63) is 29.3 Å². The van der Waals surface area contributed by atoms with Crippen LogP contribution in [0.4, 0.5) is 0 Å². The largest absolute Gasteiger partial charge is 0.497 e. The molecule has 1 rings (SSSR count). The highest BCUT2D eigenvalue weighted by Crippen LogP contribution is 2.15. The lowest BCUT2D eigenvalue weighted by molar-refractivity contribution is 0.414. The molecule has 0 unspecified atom stereocenters. The molecule has 0 heterocycles. The second-order valence-corrected chi connectivity index (χ2v) is 3.07. The van der Waals surface area contributed by atoms with E-state index in [2.05, 4.69) is 17.2 Å². The van der Waals surface area contributed by atoms with Crippen molar-refractivity contribution in [2.45, 2.75) is 6.92 Å². The van der Waals surface area contributed by atoms with Crippen LogP contribution in [0.15, 0.2) is 18.2 Å². The van der Waals surface area contributed by atoms with E-state index in [9.17, 15) is 0 Å². The van der Waals surface area contributed by atoms with Crippen molar-refractivity contribution in [3.63, 3.8) is 0 Å². The minimum atomic E-state index is 0.705. The first-order valence-corrected chi connectivity index (χ1v) is 4.55. The molecule has 1 N–H and O–H groups in total. The second-order valence-electron chi connectivity index (χ2n) is 3.07. The average Bonchev–Trinajstić information content (AvgIpc) is 2.17. The molecule has 0 aliphatic heterocycles. The molecule has 0 bridgehead atoms. The number of nitrogens with one attached hydrogen (secondary N) is 1. The number of ether oxygens (including phenoxy) is 1. The smallest absolute Gasteiger partial charge is 0.120 e. The standard InChI is InChI=1S/C12H15NO/c1-10-7-11(5-4-6-13-2)9-12(8-10)14-3/h7-9,13H,6H2,1-3H3. The van der Waals surface area contributed by atoms with E-state index in [1.807, 2.05) is 32.2 Å². The van der Waals surface area contributed by atoms with Gasteiger partial charge in [0.2, 0.25) is 0 Å². The zero-order valence-corrected chi connectivity index (χ0v) is 8.85. The highest BCUT2D eigenvalue weighted by molar-refractivity contribution is 5.43. The van der Waals surface area contributed by atoms with Crippen molar-refractivity contribution >= 4 is 0 Å². The van der Waals surface area contributed by atoms with E-state index in [4.69, 9.17) is 4.74 Å². The van der Waals surface area contributed by atoms with Gasteiger partial charge in [0.15, 0.2) is 0 Å². The summed E-state index contributed by atoms with van der Waals surface area (Å²) in [7, 11) is 3.55. The van der Waals surface area contributed by atoms with Gasteiger partial charge in [0, 0.05) is 5.56 Å². The summed E-state index contributed by atoms with van der Waals surface area (Å²) in [6.45, 7) is 2.74. The van der Waals surface area contributed by atoms with Gasteiger partial charge in [-0.25, -0.2) is 0 Å². The van der Waals surface area contributed by atoms with Crippen LogP contribution in [0.2, 0.25) is 0 Å². The topological polar surface area (TPSA) is 21.3 Å². The zero-order valence-electron chi connectivity index (χ0n) is 8.85. The third kappa shape index (κ3) is 3.12. The zero-order chi connectivity index (χ0) is 10.4. The predicted octanol–water partition coefficient (Wildman–Crippen LogP) is 1.57. The molecule has 14 heavy (non-hydrogen) atoms. The van der Waals surface area contributed by atoms with Crippen molar-refractivity contribution in [3.8, 4) is 17.6 Å². The van der Waals surface area contributed by atoms with Crippen LogP contribution in [0, 0.1) is 18.8 Å². The summed E-state index contributed by atoms with van der Waals surface area (Å²) >= 11 is 0. The Morgan fingerprint density at radius 2 is 2.14 bits per heavy atom. The van der Waals surface area contributed by atoms with Gasteiger partial charge in [-0.05, 0) is 37.7 Å². The third-order valence-electron chi connectivity index (χ3n) is 1.78. The maximum atomic E-state index is 5.16. The summed E-state index contributed by atoms with van der Waals surface area (Å²) in [6, 6.07) is 5.98. The molecule has 1 aromatic rings. The maximum Gasteiger partial charge on any atom is 0.120 e. The minimum Gasteiger partial charge on any atom is -0.497 e. The van der Waals surface area contributed by atoms with Crippen LogP contribution < -0.4 is 10.1 Å². The average molecular weight is 189 g/mol. The number of methoxy groups -OCH3 is 1. The van der Waals surface area contributed by atoms with Gasteiger partial charge in [-0.1, -0.05) is 11.8 Å². The fourth-order valence-corrected chi connectivity index (χ4v) is 1.17. The summed E-state index contributed by atoms with van der Waals surface area (Å²) < 4.78 is 5.16. The van der Waals surface area contributed by atoms with Crippen molar-refractivity contribution < 1.29 is 4.74 Å². The van der Waals surface area contributed by atoms with Crippen LogP contribution in [0.5, 0.6) is 5.75 Å². The van der Waals surface area contributed by atoms with E-state index in [0.717, 1.165) is 16.9 Å². The number of benzene rings is 1. The highest BCUT2D eigenvalue weighted by atomic mass is 16.5. The number of aryl methyl sites for hydroxylation is 1. The molecule has 0 aromatic heterocycles. The molecule has 0 aliphatic carbocycles. The normalized spacial score (nSPS) is 9.07. The van der Waals surface area contributed by atoms with Gasteiger partial charge in [0.05, 0.1) is 13.7 Å². The Hall–Kier alpha value is -1.46. The summed E-state index contributed by atoms with van der Waals surface area (Å²) in [5.41, 5.74) is 2.16. The Morgan fingerprint density at radius 1 is 1.36 bits per heavy atom. The minimum absolute atomic E-state index is 0.705. The van der Waals surface area contributed by atoms with E-state index in [1.165, 1.54) is 0 Å². The Bertz CT molecular complexity index is 360. The molecule has 0 amide bonds. The van der Waals surface area contributed by atoms with Crippen LogP contribution in [0.25, 0.3) is 0 Å². The number of hydrogen-bond donors (Lipinski definition) is 1. The van der Waals surface area contributed by atoms with Crippen molar-refractivity contribution in [2.75, 3.05) is 20.7 Å². The summed E-state index contributed by atoms with van der Waals surface area (Å²) in [4.78, 5) is 0. The third-order valence-corrected chi connectivity index (χ3v) is 1.78. The molecule has 2 nitrogen and oxygen atoms in total. The lowest BCUT2D eigenvalue weighted by Crippen LogP contribution is -2.04. The van der Waals surface area contributed by atoms with Crippen LogP contribution in [0.1, 0.15) is 11.1 Å². The molecule has 0 radical (unpaired) electrons. The first kappa shape index (κ1) is 10.6. The van der Waals surface area contributed by atoms with E-state index in [0.29, 0.717) is 6.54 Å². The van der Waals surface area contributed by atoms with Crippen LogP contribution in [-0.4, -0.2) is 20.7 Å². The molecule has 0 saturated carbocycles. The quantitative estimate of drug-likeness (QED) is 0.713. The van der Waals surface area contributed by atoms with Crippen molar-refractivity contribution in [1.29, 1.82) is 0 Å². The summed E-state index contributed by atoms with van der Waals surface area (Å²) in [5.74, 6) is 6.94. The van der Waals surface area contributed by atoms with E-state index in [1.54, 1.807) is 7.11 Å². The van der Waals surface area contributed by atoms with Gasteiger partial charge in [-0.3, -0.25) is 0 Å². The van der Waals surface area contributed by atoms with Crippen molar-refractivity contribution in [1.82, 2.24) is 5.32 Å². The Balaban J connectivity index is 2.88. The fraction of sp³-hybridized carbons (Fsp3) is 0.333. The molecule has 0 fully saturated rings. The van der Waals surface area contributed by atoms with Gasteiger partial charge in [0.1, 0.15) is 5.75 Å². The number of rotatable bonds is 2. The lowest BCUT2D eigenvalue weighted by Gasteiger charge is -2.01. The molecule has 0 aliphatic rings. The lowest BCUT2D eigenvalue weighted by atomic mass is 10.1. The molecule has 2 heteroatoms. The van der Waals surface area contributed by atoms with Gasteiger partial charge in [-0.15, -0.1) is 0 Å². The van der Waals surface area contributed by atoms with Gasteiger partial charge in [-0.2, -0.15) is 0 Å².